The SMILES string of the molecule is CCNC(=O)CN(c1ccccc1OC)S(C)(=O)=O. The highest BCUT2D eigenvalue weighted by Gasteiger charge is 2.23. The van der Waals surface area contributed by atoms with Crippen molar-refractivity contribution < 1.29 is 17.9 Å². The topological polar surface area (TPSA) is 75.7 Å². The first-order valence-corrected chi connectivity index (χ1v) is 7.62. The van der Waals surface area contributed by atoms with Crippen LogP contribution in [0.2, 0.25) is 0 Å². The van der Waals surface area contributed by atoms with Crippen LogP contribution in [0.25, 0.3) is 0 Å². The van der Waals surface area contributed by atoms with Crippen LogP contribution < -0.4 is 14.4 Å². The summed E-state index contributed by atoms with van der Waals surface area (Å²) in [5.74, 6) is 0.0380. The zero-order valence-corrected chi connectivity index (χ0v) is 12.0. The van der Waals surface area contributed by atoms with E-state index < -0.39 is 10.0 Å². The lowest BCUT2D eigenvalue weighted by atomic mass is 10.3. The lowest BCUT2D eigenvalue weighted by Gasteiger charge is -2.23. The molecule has 0 radical (unpaired) electrons. The lowest BCUT2D eigenvalue weighted by molar-refractivity contribution is -0.119. The Balaban J connectivity index is 3.14. The molecule has 19 heavy (non-hydrogen) atoms. The third kappa shape index (κ3) is 4.13. The van der Waals surface area contributed by atoms with E-state index in [9.17, 15) is 13.2 Å². The van der Waals surface area contributed by atoms with Gasteiger partial charge in [0.2, 0.25) is 15.9 Å². The van der Waals surface area contributed by atoms with E-state index in [1.54, 1.807) is 31.2 Å². The van der Waals surface area contributed by atoms with Crippen LogP contribution in [0.5, 0.6) is 5.75 Å². The van der Waals surface area contributed by atoms with E-state index in [0.29, 0.717) is 18.0 Å². The molecule has 0 spiro atoms. The molecule has 1 aromatic carbocycles. The lowest BCUT2D eigenvalue weighted by Crippen LogP contribution is -2.40. The second-order valence-electron chi connectivity index (χ2n) is 3.89. The minimum absolute atomic E-state index is 0.271. The summed E-state index contributed by atoms with van der Waals surface area (Å²) >= 11 is 0. The molecule has 0 saturated carbocycles. The van der Waals surface area contributed by atoms with Crippen LogP contribution in [-0.4, -0.2) is 40.8 Å². The van der Waals surface area contributed by atoms with Gasteiger partial charge in [0.25, 0.3) is 0 Å². The van der Waals surface area contributed by atoms with Gasteiger partial charge in [0, 0.05) is 6.54 Å². The Kier molecular flexibility index (Phi) is 5.17. The van der Waals surface area contributed by atoms with Crippen molar-refractivity contribution in [3.8, 4) is 5.75 Å². The number of anilines is 1. The van der Waals surface area contributed by atoms with Crippen molar-refractivity contribution >= 4 is 21.6 Å². The maximum Gasteiger partial charge on any atom is 0.240 e. The highest BCUT2D eigenvalue weighted by atomic mass is 32.2. The summed E-state index contributed by atoms with van der Waals surface area (Å²) in [4.78, 5) is 11.6. The van der Waals surface area contributed by atoms with Crippen LogP contribution in [0.15, 0.2) is 24.3 Å². The van der Waals surface area contributed by atoms with Gasteiger partial charge in [-0.2, -0.15) is 0 Å². The minimum atomic E-state index is -3.57. The predicted octanol–water partition coefficient (Wildman–Crippen LogP) is 0.597. The van der Waals surface area contributed by atoms with E-state index in [4.69, 9.17) is 4.74 Å². The molecule has 1 aromatic rings. The number of nitrogens with one attached hydrogen (secondary N) is 1. The van der Waals surface area contributed by atoms with E-state index in [1.165, 1.54) is 7.11 Å². The molecule has 1 N–H and O–H groups in total. The van der Waals surface area contributed by atoms with Gasteiger partial charge in [-0.1, -0.05) is 12.1 Å². The van der Waals surface area contributed by atoms with Crippen LogP contribution in [-0.2, 0) is 14.8 Å². The molecular formula is C12H18N2O4S. The summed E-state index contributed by atoms with van der Waals surface area (Å²) in [6.45, 7) is 1.95. The van der Waals surface area contributed by atoms with Crippen molar-refractivity contribution in [2.75, 3.05) is 30.8 Å². The molecule has 0 bridgehead atoms. The average Bonchev–Trinajstić information content (AvgIpc) is 2.35. The van der Waals surface area contributed by atoms with Crippen molar-refractivity contribution in [1.82, 2.24) is 5.32 Å². The van der Waals surface area contributed by atoms with Crippen molar-refractivity contribution in [2.45, 2.75) is 6.92 Å². The van der Waals surface area contributed by atoms with Crippen LogP contribution in [0, 0.1) is 0 Å². The molecule has 0 unspecified atom stereocenters. The molecule has 0 heterocycles. The molecule has 0 aromatic heterocycles. The Hall–Kier alpha value is -1.76. The fourth-order valence-corrected chi connectivity index (χ4v) is 2.46. The molecule has 7 heteroatoms. The number of likely N-dealkylation sites (N-methyl/N-ethyl adjacent to an activating group) is 1. The van der Waals surface area contributed by atoms with Crippen molar-refractivity contribution in [2.24, 2.45) is 0 Å². The normalized spacial score (nSPS) is 10.9. The summed E-state index contributed by atoms with van der Waals surface area (Å²) in [5.41, 5.74) is 0.346. The van der Waals surface area contributed by atoms with Crippen LogP contribution in [0.3, 0.4) is 0 Å². The predicted molar refractivity (Wildman–Crippen MR) is 73.9 cm³/mol. The van der Waals surface area contributed by atoms with Gasteiger partial charge in [-0.05, 0) is 19.1 Å². The Labute approximate surface area is 113 Å². The van der Waals surface area contributed by atoms with E-state index >= 15 is 0 Å². The molecular weight excluding hydrogens is 268 g/mol. The molecule has 1 amide bonds. The number of ether oxygens (including phenoxy) is 1. The molecule has 1 rings (SSSR count). The van der Waals surface area contributed by atoms with Gasteiger partial charge in [0.1, 0.15) is 12.3 Å². The Morgan fingerprint density at radius 1 is 1.37 bits per heavy atom. The number of carbonyl (C=O) groups is 1. The number of hydrogen-bond donors (Lipinski definition) is 1. The van der Waals surface area contributed by atoms with Gasteiger partial charge in [-0.3, -0.25) is 9.10 Å². The Morgan fingerprint density at radius 2 is 2.00 bits per heavy atom. The highest BCUT2D eigenvalue weighted by Crippen LogP contribution is 2.29. The third-order valence-corrected chi connectivity index (χ3v) is 3.54. The molecule has 0 aliphatic heterocycles. The molecule has 0 saturated heterocycles. The molecule has 0 aliphatic carbocycles. The molecule has 0 atom stereocenters. The van der Waals surface area contributed by atoms with Crippen LogP contribution in [0.1, 0.15) is 6.92 Å². The molecule has 0 fully saturated rings. The fourth-order valence-electron chi connectivity index (χ4n) is 1.60. The monoisotopic (exact) mass is 286 g/mol. The van der Waals surface area contributed by atoms with Crippen LogP contribution in [0.4, 0.5) is 5.69 Å². The van der Waals surface area contributed by atoms with Gasteiger partial charge < -0.3 is 10.1 Å². The van der Waals surface area contributed by atoms with Gasteiger partial charge in [0.05, 0.1) is 19.1 Å². The largest absolute Gasteiger partial charge is 0.495 e. The Morgan fingerprint density at radius 3 is 2.53 bits per heavy atom. The smallest absolute Gasteiger partial charge is 0.240 e. The number of nitrogens with zero attached hydrogens (tertiary/aromatic N) is 1. The van der Waals surface area contributed by atoms with Gasteiger partial charge in [0.15, 0.2) is 0 Å². The zero-order valence-electron chi connectivity index (χ0n) is 11.2. The second-order valence-corrected chi connectivity index (χ2v) is 5.80. The molecule has 6 nitrogen and oxygen atoms in total. The standard InChI is InChI=1S/C12H18N2O4S/c1-4-13-12(15)9-14(19(3,16)17)10-7-5-6-8-11(10)18-2/h5-8H,4,9H2,1-3H3,(H,13,15). The van der Waals surface area contributed by atoms with Crippen molar-refractivity contribution in [3.63, 3.8) is 0 Å². The maximum absolute atomic E-state index is 11.8. The minimum Gasteiger partial charge on any atom is -0.495 e. The van der Waals surface area contributed by atoms with E-state index in [2.05, 4.69) is 5.32 Å². The zero-order chi connectivity index (χ0) is 14.5. The quantitative estimate of drug-likeness (QED) is 0.831. The number of methoxy groups -OCH3 is 1. The summed E-state index contributed by atoms with van der Waals surface area (Å²) in [6, 6.07) is 6.66. The third-order valence-electron chi connectivity index (χ3n) is 2.42. The van der Waals surface area contributed by atoms with E-state index in [-0.39, 0.29) is 12.5 Å². The summed E-state index contributed by atoms with van der Waals surface area (Å²) in [7, 11) is -2.12. The van der Waals surface area contributed by atoms with Gasteiger partial charge in [-0.25, -0.2) is 8.42 Å². The van der Waals surface area contributed by atoms with Gasteiger partial charge >= 0.3 is 0 Å². The first-order chi connectivity index (χ1) is 8.90. The summed E-state index contributed by atoms with van der Waals surface area (Å²) in [5, 5.41) is 2.57. The fraction of sp³-hybridized carbons (Fsp3) is 0.417. The Bertz CT molecular complexity index is 542. The number of sulfonamides is 1. The van der Waals surface area contributed by atoms with Crippen molar-refractivity contribution in [3.05, 3.63) is 24.3 Å². The maximum atomic E-state index is 11.8. The van der Waals surface area contributed by atoms with E-state index in [1.807, 2.05) is 0 Å². The van der Waals surface area contributed by atoms with Gasteiger partial charge in [-0.15, -0.1) is 0 Å². The highest BCUT2D eigenvalue weighted by molar-refractivity contribution is 7.92. The number of rotatable bonds is 6. The first-order valence-electron chi connectivity index (χ1n) is 5.77. The number of amides is 1. The number of hydrogen-bond acceptors (Lipinski definition) is 4. The first kappa shape index (κ1) is 15.3. The van der Waals surface area contributed by atoms with Crippen LogP contribution >= 0.6 is 0 Å². The molecule has 0 aliphatic rings. The number of carbonyl (C=O) groups excluding carboxylic acids is 1. The molecule has 106 valence electrons. The summed E-state index contributed by atoms with van der Waals surface area (Å²) < 4.78 is 29.8. The number of benzene rings is 1. The second kappa shape index (κ2) is 6.42. The average molecular weight is 286 g/mol. The number of para-hydroxylation sites is 2. The van der Waals surface area contributed by atoms with Crippen molar-refractivity contribution in [1.29, 1.82) is 0 Å². The van der Waals surface area contributed by atoms with E-state index in [0.717, 1.165) is 10.6 Å². The summed E-state index contributed by atoms with van der Waals surface area (Å²) in [6.07, 6.45) is 1.05.